The molecule has 0 unspecified atom stereocenters. The Labute approximate surface area is 133 Å². The maximum atomic E-state index is 9.81. The fourth-order valence-corrected chi connectivity index (χ4v) is 2.32. The lowest BCUT2D eigenvalue weighted by atomic mass is 9.97. The van der Waals surface area contributed by atoms with E-state index in [9.17, 15) is 15.3 Å². The molecule has 0 saturated carbocycles. The van der Waals surface area contributed by atoms with Crippen LogP contribution in [0.5, 0.6) is 0 Å². The van der Waals surface area contributed by atoms with Crippen LogP contribution in [0.1, 0.15) is 24.0 Å². The molecular weight excluding hydrogens is 308 g/mol. The molecule has 5 N–H and O–H groups in total. The van der Waals surface area contributed by atoms with Gasteiger partial charge in [0.25, 0.3) is 0 Å². The summed E-state index contributed by atoms with van der Waals surface area (Å²) in [4.78, 5) is 0. The van der Waals surface area contributed by atoms with Gasteiger partial charge in [0, 0.05) is 19.0 Å². The number of hydrogen-bond donors (Lipinski definition) is 4. The number of rotatable bonds is 9. The van der Waals surface area contributed by atoms with Crippen molar-refractivity contribution in [3.8, 4) is 0 Å². The van der Waals surface area contributed by atoms with Crippen LogP contribution in [0, 0.1) is 0 Å². The fraction of sp³-hybridized carbons (Fsp3) is 0.786. The van der Waals surface area contributed by atoms with Crippen LogP contribution >= 0.6 is 0 Å². The number of ether oxygens (including phenoxy) is 3. The van der Waals surface area contributed by atoms with Crippen LogP contribution in [0.25, 0.3) is 0 Å². The minimum atomic E-state index is -1.12. The van der Waals surface area contributed by atoms with Crippen molar-refractivity contribution in [2.75, 3.05) is 33.0 Å². The maximum absolute atomic E-state index is 9.81. The Bertz CT molecular complexity index is 456. The molecule has 0 radical (unpaired) electrons. The van der Waals surface area contributed by atoms with E-state index in [1.807, 2.05) is 0 Å². The van der Waals surface area contributed by atoms with E-state index in [1.54, 1.807) is 6.07 Å². The molecule has 4 atom stereocenters. The summed E-state index contributed by atoms with van der Waals surface area (Å²) in [6.07, 6.45) is -3.36. The van der Waals surface area contributed by atoms with Crippen molar-refractivity contribution in [2.24, 2.45) is 5.73 Å². The molecule has 1 aromatic rings. The number of aliphatic hydroxyl groups excluding tert-OH is 3. The lowest BCUT2D eigenvalue weighted by Crippen LogP contribution is -2.47. The lowest BCUT2D eigenvalue weighted by molar-refractivity contribution is -0.186. The quantitative estimate of drug-likeness (QED) is 0.406. The van der Waals surface area contributed by atoms with Gasteiger partial charge < -0.3 is 39.8 Å². The highest BCUT2D eigenvalue weighted by atomic mass is 16.6. The Morgan fingerprint density at radius 2 is 2.04 bits per heavy atom. The number of aromatic nitrogens is 1. The molecule has 132 valence electrons. The third-order valence-corrected chi connectivity index (χ3v) is 3.53. The minimum absolute atomic E-state index is 0.167. The first kappa shape index (κ1) is 18.3. The molecule has 0 spiro atoms. The molecule has 1 aliphatic heterocycles. The maximum Gasteiger partial charge on any atom is 0.165 e. The second kappa shape index (κ2) is 9.28. The molecule has 2 heterocycles. The predicted octanol–water partition coefficient (Wildman–Crippen LogP) is -1.29. The summed E-state index contributed by atoms with van der Waals surface area (Å²) < 4.78 is 21.3. The summed E-state index contributed by atoms with van der Waals surface area (Å²) in [5.41, 5.74) is 5.88. The van der Waals surface area contributed by atoms with Gasteiger partial charge in [-0.25, -0.2) is 0 Å². The van der Waals surface area contributed by atoms with Gasteiger partial charge in [-0.05, 0) is 0 Å². The highest BCUT2D eigenvalue weighted by Crippen LogP contribution is 2.32. The number of aliphatic hydroxyl groups is 3. The minimum Gasteiger partial charge on any atom is -0.394 e. The van der Waals surface area contributed by atoms with Crippen molar-refractivity contribution in [3.63, 3.8) is 0 Å². The average Bonchev–Trinajstić information content (AvgIpc) is 3.02. The Kier molecular flexibility index (Phi) is 7.37. The van der Waals surface area contributed by atoms with Crippen molar-refractivity contribution < 1.29 is 34.1 Å². The van der Waals surface area contributed by atoms with Crippen LogP contribution in [-0.2, 0) is 20.8 Å². The second-order valence-electron chi connectivity index (χ2n) is 5.31. The van der Waals surface area contributed by atoms with Crippen molar-refractivity contribution in [2.45, 2.75) is 37.4 Å². The van der Waals surface area contributed by atoms with Gasteiger partial charge in [-0.15, -0.1) is 0 Å². The zero-order valence-corrected chi connectivity index (χ0v) is 12.8. The number of nitrogens with two attached hydrogens (primary N) is 1. The topological polar surface area (TPSA) is 140 Å². The van der Waals surface area contributed by atoms with E-state index in [0.717, 1.165) is 0 Å². The molecular formula is C14H24N2O7. The third-order valence-electron chi connectivity index (χ3n) is 3.53. The van der Waals surface area contributed by atoms with E-state index in [4.69, 9.17) is 24.5 Å². The van der Waals surface area contributed by atoms with Crippen LogP contribution in [0.15, 0.2) is 10.6 Å². The van der Waals surface area contributed by atoms with E-state index >= 15 is 0 Å². The summed E-state index contributed by atoms with van der Waals surface area (Å²) in [6, 6.07) is 1.67. The predicted molar refractivity (Wildman–Crippen MR) is 77.4 cm³/mol. The van der Waals surface area contributed by atoms with E-state index in [0.29, 0.717) is 37.8 Å². The van der Waals surface area contributed by atoms with Gasteiger partial charge in [-0.1, -0.05) is 5.16 Å². The summed E-state index contributed by atoms with van der Waals surface area (Å²) in [6.45, 7) is 1.72. The van der Waals surface area contributed by atoms with Gasteiger partial charge in [-0.2, -0.15) is 0 Å². The first-order chi connectivity index (χ1) is 11.2. The van der Waals surface area contributed by atoms with E-state index in [1.165, 1.54) is 0 Å². The molecule has 0 aliphatic carbocycles. The largest absolute Gasteiger partial charge is 0.394 e. The Morgan fingerprint density at radius 1 is 1.26 bits per heavy atom. The molecule has 1 saturated heterocycles. The van der Waals surface area contributed by atoms with Gasteiger partial charge in [-0.3, -0.25) is 0 Å². The molecule has 9 heteroatoms. The van der Waals surface area contributed by atoms with Crippen molar-refractivity contribution in [3.05, 3.63) is 17.5 Å². The smallest absolute Gasteiger partial charge is 0.165 e. The van der Waals surface area contributed by atoms with Crippen LogP contribution in [0.4, 0.5) is 0 Å². The summed E-state index contributed by atoms with van der Waals surface area (Å²) in [7, 11) is 0. The Morgan fingerprint density at radius 3 is 2.78 bits per heavy atom. The van der Waals surface area contributed by atoms with Crippen LogP contribution in [0.2, 0.25) is 0 Å². The Hall–Kier alpha value is -1.07. The average molecular weight is 332 g/mol. The van der Waals surface area contributed by atoms with Gasteiger partial charge in [0.05, 0.1) is 39.1 Å². The SMILES string of the molecule is NCCOCCOCc1cc([C@@H]2C[C@@H](O)[C@@H](O)[C@@H](CO)O2)on1. The summed E-state index contributed by atoms with van der Waals surface area (Å²) >= 11 is 0. The van der Waals surface area contributed by atoms with E-state index < -0.39 is 24.4 Å². The molecule has 23 heavy (non-hydrogen) atoms. The first-order valence-corrected chi connectivity index (χ1v) is 7.59. The third kappa shape index (κ3) is 5.21. The number of nitrogens with zero attached hydrogens (tertiary/aromatic N) is 1. The molecule has 0 bridgehead atoms. The molecule has 0 aromatic carbocycles. The standard InChI is InChI=1S/C14H24N2O7/c15-1-2-20-3-4-21-8-9-5-12(23-16-9)11-6-10(18)14(19)13(7-17)22-11/h5,10-11,13-14,17-19H,1-4,6-8,15H2/t10-,11+,13-,14-/m1/s1. The first-order valence-electron chi connectivity index (χ1n) is 7.59. The normalized spacial score (nSPS) is 28.2. The van der Waals surface area contributed by atoms with Gasteiger partial charge in [0.2, 0.25) is 0 Å². The zero-order chi connectivity index (χ0) is 16.7. The van der Waals surface area contributed by atoms with Crippen LogP contribution in [-0.4, -0.2) is 71.8 Å². The molecule has 1 aromatic heterocycles. The molecule has 0 amide bonds. The van der Waals surface area contributed by atoms with Crippen molar-refractivity contribution in [1.29, 1.82) is 0 Å². The van der Waals surface area contributed by atoms with Gasteiger partial charge >= 0.3 is 0 Å². The fourth-order valence-electron chi connectivity index (χ4n) is 2.32. The number of hydrogen-bond acceptors (Lipinski definition) is 9. The second-order valence-corrected chi connectivity index (χ2v) is 5.31. The molecule has 1 fully saturated rings. The van der Waals surface area contributed by atoms with Gasteiger partial charge in [0.1, 0.15) is 24.0 Å². The van der Waals surface area contributed by atoms with E-state index in [2.05, 4.69) is 5.16 Å². The van der Waals surface area contributed by atoms with Crippen molar-refractivity contribution in [1.82, 2.24) is 5.16 Å². The Balaban J connectivity index is 1.79. The van der Waals surface area contributed by atoms with Crippen molar-refractivity contribution >= 4 is 0 Å². The molecule has 9 nitrogen and oxygen atoms in total. The monoisotopic (exact) mass is 332 g/mol. The highest BCUT2D eigenvalue weighted by Gasteiger charge is 2.38. The zero-order valence-electron chi connectivity index (χ0n) is 12.8. The summed E-state index contributed by atoms with van der Waals surface area (Å²) in [5.74, 6) is 0.424. The summed E-state index contributed by atoms with van der Waals surface area (Å²) in [5, 5.41) is 32.5. The highest BCUT2D eigenvalue weighted by molar-refractivity contribution is 5.09. The molecule has 1 aliphatic rings. The van der Waals surface area contributed by atoms with Gasteiger partial charge in [0.15, 0.2) is 5.76 Å². The molecule has 2 rings (SSSR count). The van der Waals surface area contributed by atoms with Crippen LogP contribution < -0.4 is 5.73 Å². The van der Waals surface area contributed by atoms with Crippen LogP contribution in [0.3, 0.4) is 0 Å². The lowest BCUT2D eigenvalue weighted by Gasteiger charge is -2.35. The van der Waals surface area contributed by atoms with E-state index in [-0.39, 0.29) is 19.6 Å².